The van der Waals surface area contributed by atoms with Gasteiger partial charge < -0.3 is 0 Å². The average molecular weight is 864 g/mol. The van der Waals surface area contributed by atoms with Crippen LogP contribution in [0, 0.1) is 0 Å². The number of aromatic nitrogens is 3. The molecular formula is C65H41N3. The molecule has 0 bridgehead atoms. The van der Waals surface area contributed by atoms with Crippen LogP contribution in [0.1, 0.15) is 44.5 Å². The van der Waals surface area contributed by atoms with Crippen molar-refractivity contribution < 1.29 is 0 Å². The summed E-state index contributed by atoms with van der Waals surface area (Å²) < 4.78 is 0. The molecule has 316 valence electrons. The van der Waals surface area contributed by atoms with Gasteiger partial charge in [-0.3, -0.25) is 0 Å². The van der Waals surface area contributed by atoms with Crippen LogP contribution < -0.4 is 0 Å². The molecule has 0 amide bonds. The van der Waals surface area contributed by atoms with E-state index in [1.54, 1.807) is 0 Å². The summed E-state index contributed by atoms with van der Waals surface area (Å²) in [5, 5.41) is 0. The van der Waals surface area contributed by atoms with Crippen LogP contribution in [0.15, 0.2) is 249 Å². The van der Waals surface area contributed by atoms with E-state index in [0.29, 0.717) is 17.5 Å². The van der Waals surface area contributed by atoms with Gasteiger partial charge in [-0.1, -0.05) is 243 Å². The van der Waals surface area contributed by atoms with E-state index < -0.39 is 10.8 Å². The Hall–Kier alpha value is -8.79. The normalized spacial score (nSPS) is 13.8. The summed E-state index contributed by atoms with van der Waals surface area (Å²) in [6.45, 7) is 0. The first-order chi connectivity index (χ1) is 33.7. The fourth-order valence-electron chi connectivity index (χ4n) is 12.0. The molecule has 0 N–H and O–H groups in total. The van der Waals surface area contributed by atoms with Gasteiger partial charge in [0.05, 0.1) is 10.8 Å². The SMILES string of the molecule is c1ccc(-c2ccc(-c3nc(-c4ccc(-c5ccccc5)cc4)nc(-c4ccc5c(c4)-c4ccccc4C54c5ccccc5C5(c6ccccc6-c6ccccc65)c5ccccc54)n3)cc2)cc1. The highest BCUT2D eigenvalue weighted by Gasteiger charge is 2.58. The summed E-state index contributed by atoms with van der Waals surface area (Å²) in [5.74, 6) is 1.89. The Morgan fingerprint density at radius 2 is 0.456 bits per heavy atom. The summed E-state index contributed by atoms with van der Waals surface area (Å²) in [5.41, 5.74) is 21.9. The van der Waals surface area contributed by atoms with Crippen LogP contribution in [0.5, 0.6) is 0 Å². The first-order valence-electron chi connectivity index (χ1n) is 23.4. The lowest BCUT2D eigenvalue weighted by atomic mass is 9.52. The van der Waals surface area contributed by atoms with Crippen molar-refractivity contribution in [2.75, 3.05) is 0 Å². The Morgan fingerprint density at radius 1 is 0.191 bits per heavy atom. The Labute approximate surface area is 395 Å². The van der Waals surface area contributed by atoms with Gasteiger partial charge in [0, 0.05) is 16.7 Å². The molecule has 0 saturated heterocycles. The zero-order valence-electron chi connectivity index (χ0n) is 37.0. The van der Waals surface area contributed by atoms with Crippen molar-refractivity contribution in [3.05, 3.63) is 293 Å². The Kier molecular flexibility index (Phi) is 8.41. The molecule has 0 aliphatic heterocycles. The molecule has 0 radical (unpaired) electrons. The third-order valence-corrected chi connectivity index (χ3v) is 14.9. The van der Waals surface area contributed by atoms with Gasteiger partial charge >= 0.3 is 0 Å². The minimum atomic E-state index is -0.578. The smallest absolute Gasteiger partial charge is 0.164 e. The van der Waals surface area contributed by atoms with Gasteiger partial charge in [-0.2, -0.15) is 0 Å². The van der Waals surface area contributed by atoms with Crippen LogP contribution in [0.3, 0.4) is 0 Å². The van der Waals surface area contributed by atoms with E-state index in [1.165, 1.54) is 77.9 Å². The first kappa shape index (κ1) is 38.5. The number of rotatable bonds is 5. The van der Waals surface area contributed by atoms with Gasteiger partial charge in [0.2, 0.25) is 0 Å². The molecule has 1 aromatic heterocycles. The maximum atomic E-state index is 5.29. The molecule has 0 unspecified atom stereocenters. The topological polar surface area (TPSA) is 38.7 Å². The molecule has 3 nitrogen and oxygen atoms in total. The van der Waals surface area contributed by atoms with Crippen LogP contribution in [0.25, 0.3) is 78.7 Å². The van der Waals surface area contributed by atoms with E-state index in [2.05, 4.69) is 237 Å². The van der Waals surface area contributed by atoms with Crippen molar-refractivity contribution in [3.63, 3.8) is 0 Å². The molecule has 68 heavy (non-hydrogen) atoms. The van der Waals surface area contributed by atoms with E-state index in [4.69, 9.17) is 15.0 Å². The molecule has 11 aromatic rings. The van der Waals surface area contributed by atoms with Crippen LogP contribution >= 0.6 is 0 Å². The molecule has 3 aliphatic carbocycles. The number of hydrogen-bond donors (Lipinski definition) is 0. The summed E-state index contributed by atoms with van der Waals surface area (Å²) in [6, 6.07) is 90.6. The monoisotopic (exact) mass is 863 g/mol. The fourth-order valence-corrected chi connectivity index (χ4v) is 12.0. The summed E-state index contributed by atoms with van der Waals surface area (Å²) in [7, 11) is 0. The van der Waals surface area contributed by atoms with Crippen molar-refractivity contribution in [3.8, 4) is 78.7 Å². The van der Waals surface area contributed by atoms with Crippen LogP contribution in [0.4, 0.5) is 0 Å². The lowest BCUT2D eigenvalue weighted by molar-refractivity contribution is 0.633. The highest BCUT2D eigenvalue weighted by molar-refractivity contribution is 5.94. The minimum Gasteiger partial charge on any atom is -0.208 e. The lowest BCUT2D eigenvalue weighted by Gasteiger charge is -2.48. The third-order valence-electron chi connectivity index (χ3n) is 14.9. The molecular weight excluding hydrogens is 823 g/mol. The van der Waals surface area contributed by atoms with E-state index in [1.807, 2.05) is 12.1 Å². The second-order valence-electron chi connectivity index (χ2n) is 18.2. The van der Waals surface area contributed by atoms with E-state index in [0.717, 1.165) is 27.8 Å². The van der Waals surface area contributed by atoms with Crippen molar-refractivity contribution in [1.82, 2.24) is 15.0 Å². The summed E-state index contributed by atoms with van der Waals surface area (Å²) in [4.78, 5) is 15.8. The van der Waals surface area contributed by atoms with Crippen LogP contribution in [-0.4, -0.2) is 15.0 Å². The maximum Gasteiger partial charge on any atom is 0.164 e. The molecule has 0 atom stereocenters. The molecule has 1 heterocycles. The van der Waals surface area contributed by atoms with Crippen molar-refractivity contribution in [2.45, 2.75) is 10.8 Å². The Bertz CT molecular complexity index is 3580. The number of fused-ring (bicyclic) bond motifs is 16. The molecule has 10 aromatic carbocycles. The highest BCUT2D eigenvalue weighted by Crippen LogP contribution is 2.67. The zero-order chi connectivity index (χ0) is 44.8. The van der Waals surface area contributed by atoms with Crippen molar-refractivity contribution >= 4 is 0 Å². The predicted molar refractivity (Wildman–Crippen MR) is 275 cm³/mol. The number of nitrogens with zero attached hydrogens (tertiary/aromatic N) is 3. The first-order valence-corrected chi connectivity index (χ1v) is 23.4. The summed E-state index contributed by atoms with van der Waals surface area (Å²) >= 11 is 0. The van der Waals surface area contributed by atoms with E-state index in [9.17, 15) is 0 Å². The molecule has 14 rings (SSSR count). The van der Waals surface area contributed by atoms with E-state index >= 15 is 0 Å². The van der Waals surface area contributed by atoms with Gasteiger partial charge in [-0.15, -0.1) is 0 Å². The van der Waals surface area contributed by atoms with E-state index in [-0.39, 0.29) is 0 Å². The quantitative estimate of drug-likeness (QED) is 0.173. The molecule has 3 heteroatoms. The van der Waals surface area contributed by atoms with Crippen LogP contribution in [-0.2, 0) is 10.8 Å². The highest BCUT2D eigenvalue weighted by atomic mass is 15.0. The predicted octanol–water partition coefficient (Wildman–Crippen LogP) is 15.2. The number of benzene rings is 10. The Morgan fingerprint density at radius 3 is 0.853 bits per heavy atom. The van der Waals surface area contributed by atoms with Crippen molar-refractivity contribution in [2.24, 2.45) is 0 Å². The minimum absolute atomic E-state index is 0.487. The van der Waals surface area contributed by atoms with Gasteiger partial charge in [-0.25, -0.2) is 15.0 Å². The van der Waals surface area contributed by atoms with Gasteiger partial charge in [0.1, 0.15) is 0 Å². The maximum absolute atomic E-state index is 5.29. The largest absolute Gasteiger partial charge is 0.208 e. The molecule has 3 aliphatic rings. The number of hydrogen-bond acceptors (Lipinski definition) is 3. The molecule has 2 spiro atoms. The standard InChI is InChI=1S/C65H41N3/c1-3-17-42(18-4-1)44-31-35-46(36-32-44)61-66-62(47-37-33-45(34-38-47)43-19-5-2-6-20-43)68-63(67-61)48-39-40-56-52(41-48)51-23-9-12-26-55(51)65(56)59-29-15-13-27-57(59)64(58-28-14-16-30-60(58)65)53-24-10-7-21-49(53)50-22-8-11-25-54(50)64/h1-41H. The van der Waals surface area contributed by atoms with Crippen molar-refractivity contribution in [1.29, 1.82) is 0 Å². The molecule has 0 fully saturated rings. The van der Waals surface area contributed by atoms with Gasteiger partial charge in [-0.05, 0) is 95.1 Å². The fraction of sp³-hybridized carbons (Fsp3) is 0.0308. The van der Waals surface area contributed by atoms with Gasteiger partial charge in [0.15, 0.2) is 17.5 Å². The van der Waals surface area contributed by atoms with Crippen LogP contribution in [0.2, 0.25) is 0 Å². The average Bonchev–Trinajstić information content (AvgIpc) is 3.89. The second-order valence-corrected chi connectivity index (χ2v) is 18.2. The van der Waals surface area contributed by atoms with Gasteiger partial charge in [0.25, 0.3) is 0 Å². The zero-order valence-corrected chi connectivity index (χ0v) is 37.0. The molecule has 0 saturated carbocycles. The second kappa shape index (κ2) is 14.9. The summed E-state index contributed by atoms with van der Waals surface area (Å²) in [6.07, 6.45) is 0. The third kappa shape index (κ3) is 5.39. The Balaban J connectivity index is 0.969. The lowest BCUT2D eigenvalue weighted by Crippen LogP contribution is -2.43.